The molecule has 0 spiro atoms. The maximum atomic E-state index is 11.7. The number of benzene rings is 1. The van der Waals surface area contributed by atoms with Gasteiger partial charge in [-0.15, -0.1) is 5.10 Å². The predicted octanol–water partition coefficient (Wildman–Crippen LogP) is 0.408. The second kappa shape index (κ2) is 4.34. The summed E-state index contributed by atoms with van der Waals surface area (Å²) in [5, 5.41) is 19.7. The Morgan fingerprint density at radius 3 is 2.89 bits per heavy atom. The van der Waals surface area contributed by atoms with Crippen LogP contribution in [0.15, 0.2) is 18.2 Å². The molecule has 1 aromatic carbocycles. The zero-order valence-electron chi connectivity index (χ0n) is 10.0. The van der Waals surface area contributed by atoms with Crippen molar-refractivity contribution >= 4 is 22.9 Å². The first-order valence-electron chi connectivity index (χ1n) is 6.00. The van der Waals surface area contributed by atoms with Gasteiger partial charge in [0.05, 0.1) is 5.56 Å². The number of hydrogen-bond donors (Lipinski definition) is 2. The molecule has 3 rings (SSSR count). The van der Waals surface area contributed by atoms with Crippen LogP contribution in [0.5, 0.6) is 0 Å². The van der Waals surface area contributed by atoms with Gasteiger partial charge in [-0.2, -0.15) is 0 Å². The summed E-state index contributed by atoms with van der Waals surface area (Å²) in [5.74, 6) is -1.23. The molecule has 1 aliphatic carbocycles. The molecule has 1 amide bonds. The summed E-state index contributed by atoms with van der Waals surface area (Å²) >= 11 is 0. The SMILES string of the molecule is O=C(Cn1nnc2cccc(C(=O)O)c21)NC1CC1. The van der Waals surface area contributed by atoms with E-state index in [2.05, 4.69) is 15.6 Å². The smallest absolute Gasteiger partial charge is 0.337 e. The lowest BCUT2D eigenvalue weighted by molar-refractivity contribution is -0.121. The number of rotatable bonds is 4. The molecule has 0 radical (unpaired) electrons. The van der Waals surface area contributed by atoms with Crippen molar-refractivity contribution in [3.8, 4) is 0 Å². The number of fused-ring (bicyclic) bond motifs is 1. The number of amides is 1. The number of carbonyl (C=O) groups excluding carboxylic acids is 1. The lowest BCUT2D eigenvalue weighted by Crippen LogP contribution is -2.29. The first-order chi connectivity index (χ1) is 9.15. The molecule has 7 nitrogen and oxygen atoms in total. The second-order valence-corrected chi connectivity index (χ2v) is 4.57. The number of carbonyl (C=O) groups is 2. The maximum absolute atomic E-state index is 11.7. The van der Waals surface area contributed by atoms with Gasteiger partial charge < -0.3 is 10.4 Å². The van der Waals surface area contributed by atoms with Gasteiger partial charge in [0.15, 0.2) is 0 Å². The van der Waals surface area contributed by atoms with Crippen LogP contribution in [0.25, 0.3) is 11.0 Å². The summed E-state index contributed by atoms with van der Waals surface area (Å²) < 4.78 is 1.33. The first-order valence-corrected chi connectivity index (χ1v) is 6.00. The molecule has 1 heterocycles. The van der Waals surface area contributed by atoms with Gasteiger partial charge in [-0.25, -0.2) is 9.48 Å². The lowest BCUT2D eigenvalue weighted by atomic mass is 10.2. The van der Waals surface area contributed by atoms with Gasteiger partial charge in [0.25, 0.3) is 0 Å². The van der Waals surface area contributed by atoms with E-state index >= 15 is 0 Å². The number of hydrogen-bond acceptors (Lipinski definition) is 4. The highest BCUT2D eigenvalue weighted by molar-refractivity contribution is 6.01. The Balaban J connectivity index is 1.94. The van der Waals surface area contributed by atoms with Crippen molar-refractivity contribution in [1.82, 2.24) is 20.3 Å². The average Bonchev–Trinajstić information content (AvgIpc) is 3.09. The standard InChI is InChI=1S/C12H12N4O3/c17-10(13-7-4-5-7)6-16-11-8(12(18)19)2-1-3-9(11)14-15-16/h1-3,7H,4-6H2,(H,13,17)(H,18,19). The number of aromatic nitrogens is 3. The summed E-state index contributed by atoms with van der Waals surface area (Å²) in [5.41, 5.74) is 0.946. The van der Waals surface area contributed by atoms with E-state index in [1.807, 2.05) is 0 Å². The third kappa shape index (κ3) is 2.26. The molecule has 19 heavy (non-hydrogen) atoms. The minimum atomic E-state index is -1.06. The van der Waals surface area contributed by atoms with E-state index in [9.17, 15) is 9.59 Å². The molecule has 0 aliphatic heterocycles. The number of nitrogens with zero attached hydrogens (tertiary/aromatic N) is 3. The van der Waals surface area contributed by atoms with Crippen LogP contribution in [0, 0.1) is 0 Å². The Labute approximate surface area is 108 Å². The van der Waals surface area contributed by atoms with Crippen LogP contribution in [-0.2, 0) is 11.3 Å². The van der Waals surface area contributed by atoms with Crippen molar-refractivity contribution in [2.75, 3.05) is 0 Å². The molecule has 0 saturated heterocycles. The molecule has 98 valence electrons. The van der Waals surface area contributed by atoms with Gasteiger partial charge in [-0.3, -0.25) is 4.79 Å². The highest BCUT2D eigenvalue weighted by Crippen LogP contribution is 2.19. The van der Waals surface area contributed by atoms with Gasteiger partial charge >= 0.3 is 5.97 Å². The fraction of sp³-hybridized carbons (Fsp3) is 0.333. The van der Waals surface area contributed by atoms with E-state index in [1.54, 1.807) is 12.1 Å². The predicted molar refractivity (Wildman–Crippen MR) is 65.7 cm³/mol. The third-order valence-electron chi connectivity index (χ3n) is 3.00. The van der Waals surface area contributed by atoms with Gasteiger partial charge in [0, 0.05) is 6.04 Å². The van der Waals surface area contributed by atoms with E-state index in [1.165, 1.54) is 10.7 Å². The molecule has 0 unspecified atom stereocenters. The minimum absolute atomic E-state index is 0.0166. The molecule has 1 aliphatic rings. The topological polar surface area (TPSA) is 97.1 Å². The molecule has 1 saturated carbocycles. The largest absolute Gasteiger partial charge is 0.478 e. The number of nitrogens with one attached hydrogen (secondary N) is 1. The first kappa shape index (κ1) is 11.6. The fourth-order valence-electron chi connectivity index (χ4n) is 1.95. The fourth-order valence-corrected chi connectivity index (χ4v) is 1.95. The van der Waals surface area contributed by atoms with Crippen molar-refractivity contribution < 1.29 is 14.7 Å². The van der Waals surface area contributed by atoms with Crippen molar-refractivity contribution in [3.63, 3.8) is 0 Å². The summed E-state index contributed by atoms with van der Waals surface area (Å²) in [7, 11) is 0. The van der Waals surface area contributed by atoms with Crippen molar-refractivity contribution in [2.45, 2.75) is 25.4 Å². The number of para-hydroxylation sites is 1. The summed E-state index contributed by atoms with van der Waals surface area (Å²) in [6.07, 6.45) is 2.01. The minimum Gasteiger partial charge on any atom is -0.478 e. The van der Waals surface area contributed by atoms with E-state index in [0.29, 0.717) is 11.0 Å². The summed E-state index contributed by atoms with van der Waals surface area (Å²) in [6.45, 7) is -0.0166. The summed E-state index contributed by atoms with van der Waals surface area (Å²) in [6, 6.07) is 5.02. The van der Waals surface area contributed by atoms with Crippen LogP contribution < -0.4 is 5.32 Å². The maximum Gasteiger partial charge on any atom is 0.337 e. The zero-order valence-corrected chi connectivity index (χ0v) is 10.0. The Kier molecular flexibility index (Phi) is 2.66. The Bertz CT molecular complexity index is 660. The molecular formula is C12H12N4O3. The Hall–Kier alpha value is -2.44. The van der Waals surface area contributed by atoms with Gasteiger partial charge in [-0.1, -0.05) is 11.3 Å². The zero-order chi connectivity index (χ0) is 13.4. The van der Waals surface area contributed by atoms with Crippen LogP contribution in [0.3, 0.4) is 0 Å². The van der Waals surface area contributed by atoms with Crippen LogP contribution in [0.1, 0.15) is 23.2 Å². The number of carboxylic acids is 1. The summed E-state index contributed by atoms with van der Waals surface area (Å²) in [4.78, 5) is 22.9. The molecule has 2 N–H and O–H groups in total. The molecular weight excluding hydrogens is 248 g/mol. The number of carboxylic acid groups (broad SMARTS) is 1. The van der Waals surface area contributed by atoms with Crippen molar-refractivity contribution in [2.24, 2.45) is 0 Å². The lowest BCUT2D eigenvalue weighted by Gasteiger charge is -2.05. The van der Waals surface area contributed by atoms with Gasteiger partial charge in [0.1, 0.15) is 17.6 Å². The average molecular weight is 260 g/mol. The van der Waals surface area contributed by atoms with Crippen LogP contribution >= 0.6 is 0 Å². The van der Waals surface area contributed by atoms with E-state index in [0.717, 1.165) is 12.8 Å². The Morgan fingerprint density at radius 1 is 1.42 bits per heavy atom. The van der Waals surface area contributed by atoms with E-state index in [-0.39, 0.29) is 24.1 Å². The molecule has 2 aromatic rings. The molecule has 0 bridgehead atoms. The molecule has 0 atom stereocenters. The Morgan fingerprint density at radius 2 is 2.21 bits per heavy atom. The van der Waals surface area contributed by atoms with Crippen LogP contribution in [-0.4, -0.2) is 38.0 Å². The van der Waals surface area contributed by atoms with Crippen LogP contribution in [0.2, 0.25) is 0 Å². The molecule has 1 fully saturated rings. The van der Waals surface area contributed by atoms with Crippen molar-refractivity contribution in [1.29, 1.82) is 0 Å². The second-order valence-electron chi connectivity index (χ2n) is 4.57. The number of aromatic carboxylic acids is 1. The molecule has 1 aromatic heterocycles. The third-order valence-corrected chi connectivity index (χ3v) is 3.00. The van der Waals surface area contributed by atoms with Crippen LogP contribution in [0.4, 0.5) is 0 Å². The van der Waals surface area contributed by atoms with Gasteiger partial charge in [0.2, 0.25) is 5.91 Å². The monoisotopic (exact) mass is 260 g/mol. The highest BCUT2D eigenvalue weighted by atomic mass is 16.4. The van der Waals surface area contributed by atoms with E-state index < -0.39 is 5.97 Å². The van der Waals surface area contributed by atoms with E-state index in [4.69, 9.17) is 5.11 Å². The molecule has 7 heteroatoms. The van der Waals surface area contributed by atoms with Crippen molar-refractivity contribution in [3.05, 3.63) is 23.8 Å². The highest BCUT2D eigenvalue weighted by Gasteiger charge is 2.24. The van der Waals surface area contributed by atoms with Gasteiger partial charge in [-0.05, 0) is 25.0 Å². The normalized spacial score (nSPS) is 14.5. The quantitative estimate of drug-likeness (QED) is 0.829.